The van der Waals surface area contributed by atoms with Gasteiger partial charge in [0, 0.05) is 44.2 Å². The summed E-state index contributed by atoms with van der Waals surface area (Å²) in [6.45, 7) is 3.54. The number of ether oxygens (including phenoxy) is 2. The average molecular weight is 382 g/mol. The van der Waals surface area contributed by atoms with E-state index in [1.54, 1.807) is 23.1 Å². The molecule has 0 radical (unpaired) electrons. The third-order valence-corrected chi connectivity index (χ3v) is 5.12. The zero-order valence-corrected chi connectivity index (χ0v) is 15.4. The minimum Gasteiger partial charge on any atom is -0.454 e. The number of nitrogens with zero attached hydrogens (tertiary/aromatic N) is 2. The van der Waals surface area contributed by atoms with Crippen LogP contribution in [0.5, 0.6) is 11.5 Å². The second kappa shape index (κ2) is 8.14. The zero-order chi connectivity index (χ0) is 17.2. The summed E-state index contributed by atoms with van der Waals surface area (Å²) in [5.74, 6) is 1.45. The van der Waals surface area contributed by atoms with Gasteiger partial charge in [0.25, 0.3) is 5.91 Å². The first kappa shape index (κ1) is 18.8. The summed E-state index contributed by atoms with van der Waals surface area (Å²) in [6.07, 6.45) is 2.79. The molecule has 1 unspecified atom stereocenters. The molecule has 8 heteroatoms. The van der Waals surface area contributed by atoms with Gasteiger partial charge in [0.15, 0.2) is 11.5 Å². The summed E-state index contributed by atoms with van der Waals surface area (Å²) in [5, 5.41) is 3.36. The molecule has 0 spiro atoms. The fraction of sp³-hybridized carbons (Fsp3) is 0.556. The van der Waals surface area contributed by atoms with Crippen LogP contribution in [0.4, 0.5) is 0 Å². The number of benzene rings is 1. The standard InChI is InChI=1S/C18H23N3O4.ClH/c22-17(11-14-2-1-5-19-14)20-6-8-21(9-7-20)18(23)13-3-4-15-16(10-13)25-12-24-15;/h3-4,10,14,19H,1-2,5-9,11-12H2;1H. The van der Waals surface area contributed by atoms with E-state index in [0.29, 0.717) is 55.7 Å². The number of halogens is 1. The van der Waals surface area contributed by atoms with Crippen molar-refractivity contribution in [3.05, 3.63) is 23.8 Å². The number of amides is 2. The number of hydrogen-bond acceptors (Lipinski definition) is 5. The van der Waals surface area contributed by atoms with Crippen LogP contribution >= 0.6 is 12.4 Å². The van der Waals surface area contributed by atoms with Crippen LogP contribution in [0.15, 0.2) is 18.2 Å². The van der Waals surface area contributed by atoms with E-state index in [2.05, 4.69) is 5.32 Å². The summed E-state index contributed by atoms with van der Waals surface area (Å²) >= 11 is 0. The number of fused-ring (bicyclic) bond motifs is 1. The lowest BCUT2D eigenvalue weighted by atomic mass is 10.1. The predicted molar refractivity (Wildman–Crippen MR) is 97.9 cm³/mol. The van der Waals surface area contributed by atoms with Gasteiger partial charge in [-0.15, -0.1) is 12.4 Å². The summed E-state index contributed by atoms with van der Waals surface area (Å²) < 4.78 is 10.6. The molecule has 2 fully saturated rings. The van der Waals surface area contributed by atoms with Crippen LogP contribution in [0, 0.1) is 0 Å². The Hall–Kier alpha value is -1.99. The van der Waals surface area contributed by atoms with Crippen molar-refractivity contribution in [1.29, 1.82) is 0 Å². The SMILES string of the molecule is Cl.O=C(CC1CCCN1)N1CCN(C(=O)c2ccc3c(c2)OCO3)CC1. The molecule has 3 heterocycles. The molecule has 1 aromatic rings. The minimum atomic E-state index is -0.0251. The van der Waals surface area contributed by atoms with Crippen LogP contribution in [0.3, 0.4) is 0 Å². The van der Waals surface area contributed by atoms with E-state index < -0.39 is 0 Å². The van der Waals surface area contributed by atoms with Crippen molar-refractivity contribution in [2.45, 2.75) is 25.3 Å². The van der Waals surface area contributed by atoms with Crippen LogP contribution in [0.1, 0.15) is 29.6 Å². The molecule has 2 amide bonds. The van der Waals surface area contributed by atoms with E-state index in [9.17, 15) is 9.59 Å². The Morgan fingerprint density at radius 3 is 2.54 bits per heavy atom. The maximum atomic E-state index is 12.7. The van der Waals surface area contributed by atoms with E-state index in [-0.39, 0.29) is 31.0 Å². The summed E-state index contributed by atoms with van der Waals surface area (Å²) in [4.78, 5) is 28.7. The van der Waals surface area contributed by atoms with Gasteiger partial charge in [0.05, 0.1) is 0 Å². The van der Waals surface area contributed by atoms with Gasteiger partial charge in [0.1, 0.15) is 0 Å². The molecule has 1 N–H and O–H groups in total. The van der Waals surface area contributed by atoms with Crippen molar-refractivity contribution in [2.75, 3.05) is 39.5 Å². The molecule has 0 aromatic heterocycles. The Labute approximate surface area is 159 Å². The first-order chi connectivity index (χ1) is 12.2. The molecule has 1 aromatic carbocycles. The molecule has 3 aliphatic rings. The fourth-order valence-corrected chi connectivity index (χ4v) is 3.64. The van der Waals surface area contributed by atoms with E-state index in [1.807, 2.05) is 4.90 Å². The summed E-state index contributed by atoms with van der Waals surface area (Å²) in [6, 6.07) is 5.58. The predicted octanol–water partition coefficient (Wildman–Crippen LogP) is 1.26. The molecule has 3 aliphatic heterocycles. The molecular weight excluding hydrogens is 358 g/mol. The molecule has 1 atom stereocenters. The molecule has 0 saturated carbocycles. The first-order valence-corrected chi connectivity index (χ1v) is 8.91. The van der Waals surface area contributed by atoms with Crippen molar-refractivity contribution < 1.29 is 19.1 Å². The Morgan fingerprint density at radius 2 is 1.81 bits per heavy atom. The summed E-state index contributed by atoms with van der Waals surface area (Å²) in [5.41, 5.74) is 0.596. The molecule has 0 bridgehead atoms. The van der Waals surface area contributed by atoms with Crippen LogP contribution in [-0.2, 0) is 4.79 Å². The van der Waals surface area contributed by atoms with Crippen molar-refractivity contribution in [2.24, 2.45) is 0 Å². The quantitative estimate of drug-likeness (QED) is 0.853. The lowest BCUT2D eigenvalue weighted by Gasteiger charge is -2.35. The largest absolute Gasteiger partial charge is 0.454 e. The minimum absolute atomic E-state index is 0. The van der Waals surface area contributed by atoms with Crippen LogP contribution in [0.2, 0.25) is 0 Å². The molecule has 142 valence electrons. The average Bonchev–Trinajstić information content (AvgIpc) is 3.32. The van der Waals surface area contributed by atoms with Crippen LogP contribution in [-0.4, -0.2) is 67.2 Å². The number of carbonyl (C=O) groups is 2. The molecular formula is C18H24ClN3O4. The Morgan fingerprint density at radius 1 is 1.08 bits per heavy atom. The number of nitrogens with one attached hydrogen (secondary N) is 1. The van der Waals surface area contributed by atoms with Gasteiger partial charge in [0.2, 0.25) is 12.7 Å². The van der Waals surface area contributed by atoms with Crippen LogP contribution in [0.25, 0.3) is 0 Å². The number of hydrogen-bond donors (Lipinski definition) is 1. The van der Waals surface area contributed by atoms with Gasteiger partial charge in [-0.25, -0.2) is 0 Å². The Bertz CT molecular complexity index is 670. The van der Waals surface area contributed by atoms with Crippen molar-refractivity contribution >= 4 is 24.2 Å². The van der Waals surface area contributed by atoms with E-state index >= 15 is 0 Å². The molecule has 0 aliphatic carbocycles. The highest BCUT2D eigenvalue weighted by Gasteiger charge is 2.27. The highest BCUT2D eigenvalue weighted by molar-refractivity contribution is 5.95. The van der Waals surface area contributed by atoms with Crippen molar-refractivity contribution in [1.82, 2.24) is 15.1 Å². The van der Waals surface area contributed by atoms with Gasteiger partial charge in [-0.3, -0.25) is 9.59 Å². The highest BCUT2D eigenvalue weighted by atomic mass is 35.5. The normalized spacial score (nSPS) is 21.5. The maximum absolute atomic E-state index is 12.7. The molecule has 7 nitrogen and oxygen atoms in total. The van der Waals surface area contributed by atoms with Gasteiger partial charge in [-0.1, -0.05) is 0 Å². The Kier molecular flexibility index (Phi) is 5.88. The molecule has 2 saturated heterocycles. The number of carbonyl (C=O) groups excluding carboxylic acids is 2. The topological polar surface area (TPSA) is 71.1 Å². The fourth-order valence-electron chi connectivity index (χ4n) is 3.64. The maximum Gasteiger partial charge on any atom is 0.254 e. The van der Waals surface area contributed by atoms with Gasteiger partial charge < -0.3 is 24.6 Å². The number of piperazine rings is 1. The van der Waals surface area contributed by atoms with Gasteiger partial charge in [-0.05, 0) is 37.6 Å². The summed E-state index contributed by atoms with van der Waals surface area (Å²) in [7, 11) is 0. The third-order valence-electron chi connectivity index (χ3n) is 5.12. The van der Waals surface area contributed by atoms with Crippen LogP contribution < -0.4 is 14.8 Å². The second-order valence-corrected chi connectivity index (χ2v) is 6.74. The Balaban J connectivity index is 0.00000196. The monoisotopic (exact) mass is 381 g/mol. The molecule has 26 heavy (non-hydrogen) atoms. The highest BCUT2D eigenvalue weighted by Crippen LogP contribution is 2.32. The van der Waals surface area contributed by atoms with E-state index in [1.165, 1.54) is 0 Å². The zero-order valence-electron chi connectivity index (χ0n) is 14.6. The van der Waals surface area contributed by atoms with Crippen molar-refractivity contribution in [3.63, 3.8) is 0 Å². The lowest BCUT2D eigenvalue weighted by molar-refractivity contribution is -0.133. The van der Waals surface area contributed by atoms with E-state index in [0.717, 1.165) is 19.4 Å². The van der Waals surface area contributed by atoms with E-state index in [4.69, 9.17) is 9.47 Å². The lowest BCUT2D eigenvalue weighted by Crippen LogP contribution is -2.51. The van der Waals surface area contributed by atoms with Crippen molar-refractivity contribution in [3.8, 4) is 11.5 Å². The van der Waals surface area contributed by atoms with Gasteiger partial charge in [-0.2, -0.15) is 0 Å². The molecule has 4 rings (SSSR count). The smallest absolute Gasteiger partial charge is 0.254 e. The first-order valence-electron chi connectivity index (χ1n) is 8.91. The number of rotatable bonds is 3. The third kappa shape index (κ3) is 3.88. The van der Waals surface area contributed by atoms with Gasteiger partial charge >= 0.3 is 0 Å². The second-order valence-electron chi connectivity index (χ2n) is 6.74.